The maximum Gasteiger partial charge on any atom is 0.251 e. The molecule has 1 heterocycles. The number of hydrogen-bond donors (Lipinski definition) is 1. The second-order valence-electron chi connectivity index (χ2n) is 3.71. The smallest absolute Gasteiger partial charge is 0.251 e. The van der Waals surface area contributed by atoms with Crippen molar-refractivity contribution >= 4 is 5.91 Å². The highest BCUT2D eigenvalue weighted by atomic mass is 16.5. The van der Waals surface area contributed by atoms with Gasteiger partial charge in [-0.1, -0.05) is 18.2 Å². The predicted octanol–water partition coefficient (Wildman–Crippen LogP) is 1.60. The van der Waals surface area contributed by atoms with E-state index in [0.29, 0.717) is 12.1 Å². The van der Waals surface area contributed by atoms with E-state index in [-0.39, 0.29) is 12.0 Å². The summed E-state index contributed by atoms with van der Waals surface area (Å²) >= 11 is 0. The number of carbonyl (C=O) groups is 1. The average Bonchev–Trinajstić information content (AvgIpc) is 2.80. The van der Waals surface area contributed by atoms with Crippen LogP contribution in [0.2, 0.25) is 0 Å². The first kappa shape index (κ1) is 10.2. The molecular formula is C12H15NO2. The molecule has 1 fully saturated rings. The molecular weight excluding hydrogens is 190 g/mol. The molecule has 2 rings (SSSR count). The second kappa shape index (κ2) is 4.94. The molecule has 1 aromatic rings. The van der Waals surface area contributed by atoms with Crippen LogP contribution in [0, 0.1) is 0 Å². The van der Waals surface area contributed by atoms with Crippen LogP contribution in [0.1, 0.15) is 23.2 Å². The summed E-state index contributed by atoms with van der Waals surface area (Å²) < 4.78 is 5.42. The second-order valence-corrected chi connectivity index (χ2v) is 3.71. The number of rotatable bonds is 3. The van der Waals surface area contributed by atoms with Gasteiger partial charge in [-0.25, -0.2) is 0 Å². The van der Waals surface area contributed by atoms with Crippen LogP contribution >= 0.6 is 0 Å². The van der Waals surface area contributed by atoms with E-state index in [2.05, 4.69) is 5.32 Å². The number of hydrogen-bond acceptors (Lipinski definition) is 2. The molecule has 1 atom stereocenters. The molecule has 0 spiro atoms. The van der Waals surface area contributed by atoms with Gasteiger partial charge in [0.2, 0.25) is 0 Å². The molecule has 80 valence electrons. The molecule has 1 N–H and O–H groups in total. The fourth-order valence-electron chi connectivity index (χ4n) is 1.70. The van der Waals surface area contributed by atoms with E-state index in [1.807, 2.05) is 30.3 Å². The molecule has 1 aliphatic heterocycles. The summed E-state index contributed by atoms with van der Waals surface area (Å²) in [6.45, 7) is 1.44. The predicted molar refractivity (Wildman–Crippen MR) is 57.7 cm³/mol. The molecule has 0 aromatic heterocycles. The Bertz CT molecular complexity index is 318. The van der Waals surface area contributed by atoms with Crippen LogP contribution in [0.4, 0.5) is 0 Å². The summed E-state index contributed by atoms with van der Waals surface area (Å²) in [7, 11) is 0. The van der Waals surface area contributed by atoms with Gasteiger partial charge in [0.05, 0.1) is 6.10 Å². The summed E-state index contributed by atoms with van der Waals surface area (Å²) in [4.78, 5) is 11.6. The van der Waals surface area contributed by atoms with E-state index >= 15 is 0 Å². The minimum atomic E-state index is -0.0221. The van der Waals surface area contributed by atoms with Gasteiger partial charge in [-0.3, -0.25) is 4.79 Å². The first-order valence-corrected chi connectivity index (χ1v) is 5.31. The van der Waals surface area contributed by atoms with Crippen LogP contribution in [-0.2, 0) is 4.74 Å². The summed E-state index contributed by atoms with van der Waals surface area (Å²) in [6.07, 6.45) is 2.36. The zero-order valence-corrected chi connectivity index (χ0v) is 8.61. The highest BCUT2D eigenvalue weighted by Gasteiger charge is 2.16. The van der Waals surface area contributed by atoms with E-state index in [1.54, 1.807) is 0 Å². The molecule has 1 amide bonds. The molecule has 0 saturated carbocycles. The highest BCUT2D eigenvalue weighted by molar-refractivity contribution is 5.94. The monoisotopic (exact) mass is 205 g/mol. The third-order valence-corrected chi connectivity index (χ3v) is 2.55. The van der Waals surface area contributed by atoms with Crippen molar-refractivity contribution in [2.24, 2.45) is 0 Å². The number of nitrogens with one attached hydrogen (secondary N) is 1. The van der Waals surface area contributed by atoms with Crippen molar-refractivity contribution in [3.63, 3.8) is 0 Å². The molecule has 1 saturated heterocycles. The molecule has 0 bridgehead atoms. The largest absolute Gasteiger partial charge is 0.376 e. The topological polar surface area (TPSA) is 38.3 Å². The van der Waals surface area contributed by atoms with E-state index in [0.717, 1.165) is 19.4 Å². The Hall–Kier alpha value is -1.35. The van der Waals surface area contributed by atoms with Crippen LogP contribution < -0.4 is 5.32 Å². The summed E-state index contributed by atoms with van der Waals surface area (Å²) in [6, 6.07) is 9.24. The van der Waals surface area contributed by atoms with Gasteiger partial charge in [0.1, 0.15) is 0 Å². The minimum absolute atomic E-state index is 0.0221. The van der Waals surface area contributed by atoms with E-state index in [1.165, 1.54) is 0 Å². The lowest BCUT2D eigenvalue weighted by Gasteiger charge is -2.10. The first-order valence-electron chi connectivity index (χ1n) is 5.31. The van der Waals surface area contributed by atoms with Crippen molar-refractivity contribution < 1.29 is 9.53 Å². The van der Waals surface area contributed by atoms with Gasteiger partial charge in [0.15, 0.2) is 0 Å². The van der Waals surface area contributed by atoms with Crippen LogP contribution in [-0.4, -0.2) is 25.2 Å². The van der Waals surface area contributed by atoms with Crippen LogP contribution in [0.15, 0.2) is 30.3 Å². The van der Waals surface area contributed by atoms with Crippen LogP contribution in [0.5, 0.6) is 0 Å². The van der Waals surface area contributed by atoms with Crippen molar-refractivity contribution in [3.05, 3.63) is 35.9 Å². The van der Waals surface area contributed by atoms with Gasteiger partial charge < -0.3 is 10.1 Å². The zero-order valence-electron chi connectivity index (χ0n) is 8.61. The fraction of sp³-hybridized carbons (Fsp3) is 0.417. The van der Waals surface area contributed by atoms with Crippen LogP contribution in [0.25, 0.3) is 0 Å². The average molecular weight is 205 g/mol. The van der Waals surface area contributed by atoms with E-state index in [4.69, 9.17) is 4.74 Å². The first-order chi connectivity index (χ1) is 7.36. The standard InChI is InChI=1S/C12H15NO2/c14-12(10-5-2-1-3-6-10)13-9-11-7-4-8-15-11/h1-3,5-6,11H,4,7-9H2,(H,13,14)/t11-/m1/s1. The summed E-state index contributed by atoms with van der Waals surface area (Å²) in [5.74, 6) is -0.0221. The molecule has 0 unspecified atom stereocenters. The van der Waals surface area contributed by atoms with Crippen molar-refractivity contribution in [2.45, 2.75) is 18.9 Å². The van der Waals surface area contributed by atoms with Crippen molar-refractivity contribution in [1.82, 2.24) is 5.32 Å². The Balaban J connectivity index is 1.82. The third-order valence-electron chi connectivity index (χ3n) is 2.55. The third kappa shape index (κ3) is 2.80. The number of ether oxygens (including phenoxy) is 1. The lowest BCUT2D eigenvalue weighted by Crippen LogP contribution is -2.31. The minimum Gasteiger partial charge on any atom is -0.376 e. The molecule has 15 heavy (non-hydrogen) atoms. The van der Waals surface area contributed by atoms with Gasteiger partial charge in [-0.05, 0) is 25.0 Å². The van der Waals surface area contributed by atoms with Crippen molar-refractivity contribution in [1.29, 1.82) is 0 Å². The lowest BCUT2D eigenvalue weighted by atomic mass is 10.2. The van der Waals surface area contributed by atoms with Crippen LogP contribution in [0.3, 0.4) is 0 Å². The maximum atomic E-state index is 11.6. The van der Waals surface area contributed by atoms with Gasteiger partial charge in [-0.15, -0.1) is 0 Å². The summed E-state index contributed by atoms with van der Waals surface area (Å²) in [5.41, 5.74) is 0.704. The van der Waals surface area contributed by atoms with Gasteiger partial charge >= 0.3 is 0 Å². The Labute approximate surface area is 89.4 Å². The quantitative estimate of drug-likeness (QED) is 0.813. The van der Waals surface area contributed by atoms with E-state index < -0.39 is 0 Å². The molecule has 0 aliphatic carbocycles. The molecule has 3 heteroatoms. The number of benzene rings is 1. The maximum absolute atomic E-state index is 11.6. The Morgan fingerprint density at radius 1 is 1.40 bits per heavy atom. The van der Waals surface area contributed by atoms with Gasteiger partial charge in [-0.2, -0.15) is 0 Å². The summed E-state index contributed by atoms with van der Waals surface area (Å²) in [5, 5.41) is 2.88. The molecule has 1 aromatic carbocycles. The van der Waals surface area contributed by atoms with Crippen molar-refractivity contribution in [3.8, 4) is 0 Å². The van der Waals surface area contributed by atoms with Gasteiger partial charge in [0.25, 0.3) is 5.91 Å². The Morgan fingerprint density at radius 2 is 2.20 bits per heavy atom. The molecule has 0 radical (unpaired) electrons. The van der Waals surface area contributed by atoms with Gasteiger partial charge in [0, 0.05) is 18.7 Å². The van der Waals surface area contributed by atoms with E-state index in [9.17, 15) is 4.79 Å². The number of carbonyl (C=O) groups excluding carboxylic acids is 1. The number of amides is 1. The normalized spacial score (nSPS) is 20.1. The zero-order chi connectivity index (χ0) is 10.5. The lowest BCUT2D eigenvalue weighted by molar-refractivity contribution is 0.0858. The highest BCUT2D eigenvalue weighted by Crippen LogP contribution is 2.10. The Morgan fingerprint density at radius 3 is 2.87 bits per heavy atom. The SMILES string of the molecule is O=C(NC[C@H]1CCCO1)c1ccccc1. The molecule has 1 aliphatic rings. The van der Waals surface area contributed by atoms with Crippen molar-refractivity contribution in [2.75, 3.05) is 13.2 Å². The fourth-order valence-corrected chi connectivity index (χ4v) is 1.70. The Kier molecular flexibility index (Phi) is 3.35. The molecule has 3 nitrogen and oxygen atoms in total.